The van der Waals surface area contributed by atoms with Gasteiger partial charge in [0.1, 0.15) is 5.78 Å². The highest BCUT2D eigenvalue weighted by Crippen LogP contribution is 2.07. The van der Waals surface area contributed by atoms with Crippen LogP contribution in [0.4, 0.5) is 0 Å². The van der Waals surface area contributed by atoms with Gasteiger partial charge in [-0.25, -0.2) is 0 Å². The predicted molar refractivity (Wildman–Crippen MR) is 43.0 cm³/mol. The van der Waals surface area contributed by atoms with Crippen LogP contribution in [0.3, 0.4) is 0 Å². The molecule has 2 heteroatoms. The molecule has 0 aromatic rings. The SMILES string of the molecule is CC[C@H](C)[C@H](NC)C(C)=O. The van der Waals surface area contributed by atoms with Gasteiger partial charge in [-0.1, -0.05) is 20.3 Å². The van der Waals surface area contributed by atoms with Crippen LogP contribution in [0.1, 0.15) is 27.2 Å². The summed E-state index contributed by atoms with van der Waals surface area (Å²) in [5.74, 6) is 0.680. The van der Waals surface area contributed by atoms with Crippen molar-refractivity contribution in [1.82, 2.24) is 5.32 Å². The minimum atomic E-state index is 0.0463. The number of Topliss-reactive ketones (excluding diaryl/α,β-unsaturated/α-hetero) is 1. The second kappa shape index (κ2) is 4.45. The first-order valence-corrected chi connectivity index (χ1v) is 3.81. The van der Waals surface area contributed by atoms with E-state index in [0.717, 1.165) is 6.42 Å². The summed E-state index contributed by atoms with van der Waals surface area (Å²) in [6.45, 7) is 5.81. The van der Waals surface area contributed by atoms with Gasteiger partial charge in [-0.2, -0.15) is 0 Å². The first kappa shape index (κ1) is 9.63. The van der Waals surface area contributed by atoms with E-state index in [4.69, 9.17) is 0 Å². The molecule has 0 rings (SSSR count). The predicted octanol–water partition coefficient (Wildman–Crippen LogP) is 1.21. The number of carbonyl (C=O) groups excluding carboxylic acids is 1. The van der Waals surface area contributed by atoms with Crippen LogP contribution in [0, 0.1) is 5.92 Å². The van der Waals surface area contributed by atoms with E-state index < -0.39 is 0 Å². The summed E-state index contributed by atoms with van der Waals surface area (Å²) in [4.78, 5) is 10.9. The topological polar surface area (TPSA) is 29.1 Å². The Morgan fingerprint density at radius 3 is 2.20 bits per heavy atom. The molecule has 2 atom stereocenters. The first-order valence-electron chi connectivity index (χ1n) is 3.81. The van der Waals surface area contributed by atoms with Crippen molar-refractivity contribution in [3.8, 4) is 0 Å². The molecule has 60 valence electrons. The molecule has 0 bridgehead atoms. The highest BCUT2D eigenvalue weighted by molar-refractivity contribution is 5.81. The average molecular weight is 143 g/mol. The minimum absolute atomic E-state index is 0.0463. The molecule has 0 aliphatic heterocycles. The Hall–Kier alpha value is -0.370. The second-order valence-corrected chi connectivity index (χ2v) is 2.76. The molecule has 0 fully saturated rings. The summed E-state index contributed by atoms with van der Waals surface area (Å²) < 4.78 is 0. The molecule has 0 saturated heterocycles. The van der Waals surface area contributed by atoms with Crippen LogP contribution < -0.4 is 5.32 Å². The summed E-state index contributed by atoms with van der Waals surface area (Å²) in [5, 5.41) is 3.00. The molecule has 2 nitrogen and oxygen atoms in total. The van der Waals surface area contributed by atoms with Crippen LogP contribution in [0.2, 0.25) is 0 Å². The van der Waals surface area contributed by atoms with Gasteiger partial charge >= 0.3 is 0 Å². The van der Waals surface area contributed by atoms with E-state index in [1.165, 1.54) is 0 Å². The molecule has 0 aromatic heterocycles. The zero-order valence-electron chi connectivity index (χ0n) is 7.27. The number of rotatable bonds is 4. The van der Waals surface area contributed by atoms with Gasteiger partial charge in [0.05, 0.1) is 6.04 Å². The van der Waals surface area contributed by atoms with Gasteiger partial charge in [0.15, 0.2) is 0 Å². The summed E-state index contributed by atoms with van der Waals surface area (Å²) in [6, 6.07) is 0.0463. The molecular weight excluding hydrogens is 126 g/mol. The standard InChI is InChI=1S/C8H17NO/c1-5-6(2)8(9-4)7(3)10/h6,8-9H,5H2,1-4H3/t6-,8-/m0/s1. The second-order valence-electron chi connectivity index (χ2n) is 2.76. The molecule has 10 heavy (non-hydrogen) atoms. The lowest BCUT2D eigenvalue weighted by molar-refractivity contribution is -0.119. The number of likely N-dealkylation sites (N-methyl/N-ethyl adjacent to an activating group) is 1. The number of carbonyl (C=O) groups is 1. The van der Waals surface area contributed by atoms with Gasteiger partial charge in [-0.3, -0.25) is 4.79 Å². The normalized spacial score (nSPS) is 16.4. The van der Waals surface area contributed by atoms with E-state index >= 15 is 0 Å². The first-order chi connectivity index (χ1) is 4.63. The number of nitrogens with one attached hydrogen (secondary N) is 1. The maximum Gasteiger partial charge on any atom is 0.146 e. The Balaban J connectivity index is 3.92. The lowest BCUT2D eigenvalue weighted by atomic mass is 9.96. The Kier molecular flexibility index (Phi) is 4.28. The fourth-order valence-corrected chi connectivity index (χ4v) is 1.12. The van der Waals surface area contributed by atoms with Gasteiger partial charge in [-0.05, 0) is 19.9 Å². The van der Waals surface area contributed by atoms with Crippen LogP contribution in [-0.2, 0) is 4.79 Å². The van der Waals surface area contributed by atoms with Crippen LogP contribution in [0.5, 0.6) is 0 Å². The van der Waals surface area contributed by atoms with Crippen molar-refractivity contribution in [3.63, 3.8) is 0 Å². The van der Waals surface area contributed by atoms with Crippen molar-refractivity contribution in [3.05, 3.63) is 0 Å². The van der Waals surface area contributed by atoms with Crippen LogP contribution in [0.25, 0.3) is 0 Å². The summed E-state index contributed by atoms with van der Waals surface area (Å²) >= 11 is 0. The van der Waals surface area contributed by atoms with Gasteiger partial charge < -0.3 is 5.32 Å². The van der Waals surface area contributed by atoms with Gasteiger partial charge in [-0.15, -0.1) is 0 Å². The zero-order valence-corrected chi connectivity index (χ0v) is 7.27. The molecule has 0 aliphatic carbocycles. The zero-order chi connectivity index (χ0) is 8.15. The number of hydrogen-bond acceptors (Lipinski definition) is 2. The smallest absolute Gasteiger partial charge is 0.146 e. The monoisotopic (exact) mass is 143 g/mol. The van der Waals surface area contributed by atoms with E-state index in [1.54, 1.807) is 6.92 Å². The lowest BCUT2D eigenvalue weighted by Gasteiger charge is -2.18. The van der Waals surface area contributed by atoms with Gasteiger partial charge in [0.2, 0.25) is 0 Å². The molecule has 0 aromatic carbocycles. The molecule has 0 aliphatic rings. The van der Waals surface area contributed by atoms with Crippen molar-refractivity contribution in [2.75, 3.05) is 7.05 Å². The van der Waals surface area contributed by atoms with E-state index in [0.29, 0.717) is 5.92 Å². The molecule has 0 amide bonds. The number of ketones is 1. The molecule has 0 heterocycles. The largest absolute Gasteiger partial charge is 0.310 e. The van der Waals surface area contributed by atoms with E-state index in [2.05, 4.69) is 19.2 Å². The van der Waals surface area contributed by atoms with E-state index in [1.807, 2.05) is 7.05 Å². The van der Waals surface area contributed by atoms with Crippen molar-refractivity contribution in [1.29, 1.82) is 0 Å². The van der Waals surface area contributed by atoms with E-state index in [9.17, 15) is 4.79 Å². The fourth-order valence-electron chi connectivity index (χ4n) is 1.12. The summed E-state index contributed by atoms with van der Waals surface area (Å²) in [5.41, 5.74) is 0. The van der Waals surface area contributed by atoms with Crippen molar-refractivity contribution in [2.45, 2.75) is 33.2 Å². The van der Waals surface area contributed by atoms with Crippen molar-refractivity contribution >= 4 is 5.78 Å². The van der Waals surface area contributed by atoms with Gasteiger partial charge in [0.25, 0.3) is 0 Å². The van der Waals surface area contributed by atoms with Crippen LogP contribution in [0.15, 0.2) is 0 Å². The van der Waals surface area contributed by atoms with Crippen molar-refractivity contribution in [2.24, 2.45) is 5.92 Å². The molecule has 0 saturated carbocycles. The third-order valence-electron chi connectivity index (χ3n) is 1.96. The lowest BCUT2D eigenvalue weighted by Crippen LogP contribution is -2.37. The quantitative estimate of drug-likeness (QED) is 0.641. The fraction of sp³-hybridized carbons (Fsp3) is 0.875. The number of hydrogen-bond donors (Lipinski definition) is 1. The highest BCUT2D eigenvalue weighted by Gasteiger charge is 2.17. The third-order valence-corrected chi connectivity index (χ3v) is 1.96. The molecular formula is C8H17NO. The Morgan fingerprint density at radius 1 is 1.60 bits per heavy atom. The minimum Gasteiger partial charge on any atom is -0.310 e. The molecule has 0 unspecified atom stereocenters. The maximum atomic E-state index is 10.9. The highest BCUT2D eigenvalue weighted by atomic mass is 16.1. The molecule has 1 N–H and O–H groups in total. The van der Waals surface area contributed by atoms with Crippen LogP contribution >= 0.6 is 0 Å². The van der Waals surface area contributed by atoms with Gasteiger partial charge in [0, 0.05) is 0 Å². The van der Waals surface area contributed by atoms with E-state index in [-0.39, 0.29) is 11.8 Å². The summed E-state index contributed by atoms with van der Waals surface area (Å²) in [7, 11) is 1.83. The molecule has 0 radical (unpaired) electrons. The average Bonchev–Trinajstić information content (AvgIpc) is 1.88. The summed E-state index contributed by atoms with van der Waals surface area (Å²) in [6.07, 6.45) is 1.05. The van der Waals surface area contributed by atoms with Crippen molar-refractivity contribution < 1.29 is 4.79 Å². The Morgan fingerprint density at radius 2 is 2.10 bits per heavy atom. The maximum absolute atomic E-state index is 10.9. The third kappa shape index (κ3) is 2.48. The Labute approximate surface area is 63.0 Å². The van der Waals surface area contributed by atoms with Crippen LogP contribution in [-0.4, -0.2) is 18.9 Å². The molecule has 0 spiro atoms. The Bertz CT molecular complexity index is 112.